The Kier molecular flexibility index (Phi) is 5.24. The molecule has 110 valence electrons. The predicted octanol–water partition coefficient (Wildman–Crippen LogP) is 5.16. The molecular formula is C17H20NO2P. The molecule has 0 saturated carbocycles. The standard InChI is InChI=1S/C17H20NO2P/c1-4-10-15-11-8-9-14-17(15)20-21(3,18-2)19-16-12-6-5-7-13-16/h4-9,11-14H,1,10H2,2-3H3. The summed E-state index contributed by atoms with van der Waals surface area (Å²) in [5.74, 6) is 1.56. The van der Waals surface area contributed by atoms with Gasteiger partial charge in [0, 0.05) is 13.7 Å². The molecule has 2 aromatic carbocycles. The monoisotopic (exact) mass is 301 g/mol. The molecule has 0 aliphatic heterocycles. The van der Waals surface area contributed by atoms with Gasteiger partial charge in [0.1, 0.15) is 11.5 Å². The molecule has 0 saturated heterocycles. The van der Waals surface area contributed by atoms with Gasteiger partial charge in [-0.2, -0.15) is 0 Å². The fourth-order valence-corrected chi connectivity index (χ4v) is 3.13. The van der Waals surface area contributed by atoms with Crippen molar-refractivity contribution < 1.29 is 9.05 Å². The van der Waals surface area contributed by atoms with Crippen LogP contribution in [0.4, 0.5) is 0 Å². The van der Waals surface area contributed by atoms with Crippen LogP contribution < -0.4 is 9.05 Å². The van der Waals surface area contributed by atoms with Crippen molar-refractivity contribution in [1.82, 2.24) is 0 Å². The molecule has 1 unspecified atom stereocenters. The second kappa shape index (κ2) is 7.14. The molecule has 0 heterocycles. The summed E-state index contributed by atoms with van der Waals surface area (Å²) in [6, 6.07) is 17.5. The minimum absolute atomic E-state index is 0.755. The number of rotatable bonds is 6. The van der Waals surface area contributed by atoms with E-state index in [-0.39, 0.29) is 0 Å². The van der Waals surface area contributed by atoms with Gasteiger partial charge in [0.2, 0.25) is 0 Å². The summed E-state index contributed by atoms with van der Waals surface area (Å²) in [6.45, 7) is 5.69. The van der Waals surface area contributed by atoms with E-state index in [1.54, 1.807) is 7.05 Å². The van der Waals surface area contributed by atoms with Gasteiger partial charge in [-0.3, -0.25) is 0 Å². The third-order valence-corrected chi connectivity index (χ3v) is 4.80. The SMILES string of the molecule is C=CCc1ccccc1OP(C)(=NC)Oc1ccccc1. The van der Waals surface area contributed by atoms with Crippen LogP contribution in [0.3, 0.4) is 0 Å². The van der Waals surface area contributed by atoms with Crippen LogP contribution in [0.2, 0.25) is 0 Å². The van der Waals surface area contributed by atoms with Crippen molar-refractivity contribution in [2.45, 2.75) is 6.42 Å². The largest absolute Gasteiger partial charge is 0.430 e. The van der Waals surface area contributed by atoms with Gasteiger partial charge in [-0.25, -0.2) is 4.74 Å². The van der Waals surface area contributed by atoms with Gasteiger partial charge in [0.05, 0.1) is 0 Å². The van der Waals surface area contributed by atoms with Crippen LogP contribution in [0.5, 0.6) is 11.5 Å². The smallest absolute Gasteiger partial charge is 0.310 e. The summed E-state index contributed by atoms with van der Waals surface area (Å²) < 4.78 is 16.5. The van der Waals surface area contributed by atoms with Crippen LogP contribution in [0.15, 0.2) is 72.0 Å². The predicted molar refractivity (Wildman–Crippen MR) is 89.2 cm³/mol. The van der Waals surface area contributed by atoms with Gasteiger partial charge >= 0.3 is 7.51 Å². The molecule has 3 nitrogen and oxygen atoms in total. The summed E-state index contributed by atoms with van der Waals surface area (Å²) in [6.07, 6.45) is 2.62. The Morgan fingerprint density at radius 3 is 2.38 bits per heavy atom. The quantitative estimate of drug-likeness (QED) is 0.545. The third kappa shape index (κ3) is 4.24. The Labute approximate surface area is 126 Å². The first kappa shape index (κ1) is 15.4. The molecule has 2 aromatic rings. The molecule has 0 spiro atoms. The van der Waals surface area contributed by atoms with Gasteiger partial charge in [-0.05, 0) is 30.2 Å². The van der Waals surface area contributed by atoms with Gasteiger partial charge in [0.15, 0.2) is 0 Å². The minimum atomic E-state index is -2.35. The average Bonchev–Trinajstić information content (AvgIpc) is 2.50. The van der Waals surface area contributed by atoms with Gasteiger partial charge in [0.25, 0.3) is 0 Å². The zero-order chi connectivity index (χ0) is 15.1. The Balaban J connectivity index is 2.25. The lowest BCUT2D eigenvalue weighted by atomic mass is 10.1. The van der Waals surface area contributed by atoms with Crippen molar-refractivity contribution in [3.8, 4) is 11.5 Å². The molecule has 0 aliphatic rings. The number of hydrogen-bond donors (Lipinski definition) is 0. The number of allylic oxidation sites excluding steroid dienone is 1. The van der Waals surface area contributed by atoms with Crippen LogP contribution in [0.25, 0.3) is 0 Å². The van der Waals surface area contributed by atoms with Crippen LogP contribution in [0, 0.1) is 0 Å². The summed E-state index contributed by atoms with van der Waals surface area (Å²) in [4.78, 5) is 0. The summed E-state index contributed by atoms with van der Waals surface area (Å²) in [5.41, 5.74) is 1.08. The van der Waals surface area contributed by atoms with Crippen LogP contribution in [-0.2, 0) is 6.42 Å². The lowest BCUT2D eigenvalue weighted by Crippen LogP contribution is -2.01. The molecule has 0 bridgehead atoms. The molecule has 0 N–H and O–H groups in total. The number of para-hydroxylation sites is 2. The highest BCUT2D eigenvalue weighted by Gasteiger charge is 2.18. The van der Waals surface area contributed by atoms with Gasteiger partial charge in [-0.1, -0.05) is 42.5 Å². The van der Waals surface area contributed by atoms with E-state index in [4.69, 9.17) is 9.05 Å². The fraction of sp³-hybridized carbons (Fsp3) is 0.176. The first-order valence-corrected chi connectivity index (χ1v) is 8.80. The third-order valence-electron chi connectivity index (χ3n) is 2.99. The first-order valence-electron chi connectivity index (χ1n) is 6.78. The summed E-state index contributed by atoms with van der Waals surface area (Å²) >= 11 is 0. The lowest BCUT2D eigenvalue weighted by Gasteiger charge is -2.22. The molecule has 0 aliphatic carbocycles. The van der Waals surface area contributed by atoms with E-state index >= 15 is 0 Å². The van der Waals surface area contributed by atoms with E-state index in [0.29, 0.717) is 0 Å². The molecule has 0 fully saturated rings. The molecule has 0 amide bonds. The van der Waals surface area contributed by atoms with Gasteiger partial charge < -0.3 is 9.05 Å². The topological polar surface area (TPSA) is 30.8 Å². The van der Waals surface area contributed by atoms with E-state index < -0.39 is 7.51 Å². The molecule has 0 radical (unpaired) electrons. The van der Waals surface area contributed by atoms with Crippen LogP contribution >= 0.6 is 7.51 Å². The highest BCUT2D eigenvalue weighted by atomic mass is 31.2. The van der Waals surface area contributed by atoms with E-state index in [2.05, 4.69) is 11.3 Å². The molecular weight excluding hydrogens is 281 g/mol. The van der Waals surface area contributed by atoms with Crippen LogP contribution in [-0.4, -0.2) is 13.7 Å². The van der Waals surface area contributed by atoms with Crippen molar-refractivity contribution in [3.63, 3.8) is 0 Å². The highest BCUT2D eigenvalue weighted by Crippen LogP contribution is 2.48. The lowest BCUT2D eigenvalue weighted by molar-refractivity contribution is 0.478. The zero-order valence-electron chi connectivity index (χ0n) is 12.4. The Morgan fingerprint density at radius 2 is 1.71 bits per heavy atom. The second-order valence-electron chi connectivity index (χ2n) is 4.60. The number of hydrogen-bond acceptors (Lipinski definition) is 3. The van der Waals surface area contributed by atoms with E-state index in [1.807, 2.05) is 67.3 Å². The minimum Gasteiger partial charge on any atom is -0.430 e. The molecule has 1 atom stereocenters. The second-order valence-corrected chi connectivity index (χ2v) is 6.97. The van der Waals surface area contributed by atoms with Crippen LogP contribution in [0.1, 0.15) is 5.56 Å². The van der Waals surface area contributed by atoms with E-state index in [1.165, 1.54) is 0 Å². The zero-order valence-corrected chi connectivity index (χ0v) is 13.3. The maximum Gasteiger partial charge on any atom is 0.310 e. The summed E-state index contributed by atoms with van der Waals surface area (Å²) in [5, 5.41) is 0. The van der Waals surface area contributed by atoms with Crippen molar-refractivity contribution in [2.75, 3.05) is 13.7 Å². The Morgan fingerprint density at radius 1 is 1.05 bits per heavy atom. The molecule has 21 heavy (non-hydrogen) atoms. The first-order chi connectivity index (χ1) is 10.2. The van der Waals surface area contributed by atoms with E-state index in [9.17, 15) is 0 Å². The highest BCUT2D eigenvalue weighted by molar-refractivity contribution is 7.56. The van der Waals surface area contributed by atoms with Crippen molar-refractivity contribution in [2.24, 2.45) is 4.74 Å². The van der Waals surface area contributed by atoms with Crippen molar-refractivity contribution >= 4 is 7.51 Å². The Hall–Kier alpha value is -1.99. The Bertz CT molecular complexity index is 653. The number of nitrogens with zero attached hydrogens (tertiary/aromatic N) is 1. The van der Waals surface area contributed by atoms with Crippen molar-refractivity contribution in [1.29, 1.82) is 0 Å². The maximum atomic E-state index is 6.11. The van der Waals surface area contributed by atoms with Crippen molar-refractivity contribution in [3.05, 3.63) is 72.8 Å². The van der Waals surface area contributed by atoms with E-state index in [0.717, 1.165) is 23.5 Å². The molecule has 4 heteroatoms. The molecule has 0 aromatic heterocycles. The average molecular weight is 301 g/mol. The normalized spacial score (nSPS) is 13.0. The molecule has 2 rings (SSSR count). The van der Waals surface area contributed by atoms with Gasteiger partial charge in [-0.15, -0.1) is 6.58 Å². The maximum absolute atomic E-state index is 6.11. The number of benzene rings is 2. The summed E-state index contributed by atoms with van der Waals surface area (Å²) in [7, 11) is -0.625. The fourth-order valence-electron chi connectivity index (χ4n) is 1.88.